The second-order valence-electron chi connectivity index (χ2n) is 2.72. The van der Waals surface area contributed by atoms with E-state index in [0.29, 0.717) is 0 Å². The fourth-order valence-electron chi connectivity index (χ4n) is 1.17. The van der Waals surface area contributed by atoms with Crippen LogP contribution in [0.15, 0.2) is 28.7 Å². The maximum atomic E-state index is 10.8. The van der Waals surface area contributed by atoms with Gasteiger partial charge in [-0.15, -0.1) is 0 Å². The SMILES string of the molecule is O=C1OC(c2ccc(Br)cc2)CS1. The van der Waals surface area contributed by atoms with E-state index in [-0.39, 0.29) is 11.4 Å². The molecule has 68 valence electrons. The van der Waals surface area contributed by atoms with E-state index >= 15 is 0 Å². The molecule has 1 atom stereocenters. The van der Waals surface area contributed by atoms with Gasteiger partial charge in [-0.25, -0.2) is 4.79 Å². The molecule has 0 spiro atoms. The van der Waals surface area contributed by atoms with Crippen molar-refractivity contribution in [3.8, 4) is 0 Å². The van der Waals surface area contributed by atoms with Crippen LogP contribution in [-0.4, -0.2) is 11.1 Å². The van der Waals surface area contributed by atoms with Gasteiger partial charge in [0.25, 0.3) is 0 Å². The fraction of sp³-hybridized carbons (Fsp3) is 0.222. The third-order valence-electron chi connectivity index (χ3n) is 1.83. The van der Waals surface area contributed by atoms with Gasteiger partial charge in [0, 0.05) is 10.2 Å². The highest BCUT2D eigenvalue weighted by Crippen LogP contribution is 2.31. The number of cyclic esters (lactones) is 1. The van der Waals surface area contributed by atoms with Crippen LogP contribution in [0.4, 0.5) is 4.79 Å². The number of benzene rings is 1. The molecule has 0 saturated carbocycles. The minimum atomic E-state index is -0.173. The average Bonchev–Trinajstić information content (AvgIpc) is 2.53. The van der Waals surface area contributed by atoms with Crippen molar-refractivity contribution in [3.05, 3.63) is 34.3 Å². The molecule has 4 heteroatoms. The predicted octanol–water partition coefficient (Wildman–Crippen LogP) is 3.37. The molecule has 1 saturated heterocycles. The largest absolute Gasteiger partial charge is 0.448 e. The van der Waals surface area contributed by atoms with Crippen LogP contribution in [0.5, 0.6) is 0 Å². The first-order valence-electron chi connectivity index (χ1n) is 3.84. The van der Waals surface area contributed by atoms with E-state index in [9.17, 15) is 4.79 Å². The summed E-state index contributed by atoms with van der Waals surface area (Å²) in [7, 11) is 0. The molecule has 1 heterocycles. The van der Waals surface area contributed by atoms with Crippen molar-refractivity contribution in [2.24, 2.45) is 0 Å². The van der Waals surface area contributed by atoms with Crippen molar-refractivity contribution in [3.63, 3.8) is 0 Å². The van der Waals surface area contributed by atoms with Gasteiger partial charge in [0.05, 0.1) is 0 Å². The standard InChI is InChI=1S/C9H7BrO2S/c10-7-3-1-6(2-4-7)8-5-13-9(11)12-8/h1-4,8H,5H2. The maximum absolute atomic E-state index is 10.8. The topological polar surface area (TPSA) is 26.3 Å². The Bertz CT molecular complexity index is 323. The van der Waals surface area contributed by atoms with E-state index in [2.05, 4.69) is 15.9 Å². The molecule has 0 radical (unpaired) electrons. The number of rotatable bonds is 1. The van der Waals surface area contributed by atoms with Crippen molar-refractivity contribution in [2.75, 3.05) is 5.75 Å². The molecule has 0 amide bonds. The predicted molar refractivity (Wildman–Crippen MR) is 55.8 cm³/mol. The van der Waals surface area contributed by atoms with Crippen LogP contribution < -0.4 is 0 Å². The Morgan fingerprint density at radius 3 is 2.62 bits per heavy atom. The third kappa shape index (κ3) is 2.06. The molecule has 1 aromatic rings. The van der Waals surface area contributed by atoms with Crippen LogP contribution >= 0.6 is 27.7 Å². The number of halogens is 1. The van der Waals surface area contributed by atoms with Crippen molar-refractivity contribution in [1.29, 1.82) is 0 Å². The summed E-state index contributed by atoms with van der Waals surface area (Å²) in [5, 5.41) is -0.173. The summed E-state index contributed by atoms with van der Waals surface area (Å²) in [5.41, 5.74) is 1.06. The van der Waals surface area contributed by atoms with Gasteiger partial charge in [-0.1, -0.05) is 28.1 Å². The van der Waals surface area contributed by atoms with Crippen LogP contribution in [0.25, 0.3) is 0 Å². The minimum Gasteiger partial charge on any atom is -0.448 e. The highest BCUT2D eigenvalue weighted by Gasteiger charge is 2.25. The Labute approximate surface area is 88.8 Å². The van der Waals surface area contributed by atoms with Gasteiger partial charge in [0.1, 0.15) is 6.10 Å². The zero-order valence-electron chi connectivity index (χ0n) is 6.70. The van der Waals surface area contributed by atoms with Gasteiger partial charge in [-0.3, -0.25) is 0 Å². The second kappa shape index (κ2) is 3.72. The highest BCUT2D eigenvalue weighted by molar-refractivity contribution is 9.10. The smallest absolute Gasteiger partial charge is 0.368 e. The molecule has 1 aliphatic heterocycles. The molecule has 0 bridgehead atoms. The van der Waals surface area contributed by atoms with Crippen LogP contribution in [0.3, 0.4) is 0 Å². The molecular formula is C9H7BrO2S. The van der Waals surface area contributed by atoms with Crippen molar-refractivity contribution >= 4 is 33.0 Å². The maximum Gasteiger partial charge on any atom is 0.368 e. The second-order valence-corrected chi connectivity index (χ2v) is 4.59. The number of thioether (sulfide) groups is 1. The Hall–Kier alpha value is -0.480. The van der Waals surface area contributed by atoms with E-state index in [0.717, 1.165) is 15.8 Å². The van der Waals surface area contributed by atoms with Crippen LogP contribution in [0.2, 0.25) is 0 Å². The quantitative estimate of drug-likeness (QED) is 0.723. The molecule has 2 rings (SSSR count). The Balaban J connectivity index is 2.17. The summed E-state index contributed by atoms with van der Waals surface area (Å²) in [6, 6.07) is 7.83. The number of hydrogen-bond acceptors (Lipinski definition) is 3. The molecule has 1 aliphatic rings. The fourth-order valence-corrected chi connectivity index (χ4v) is 2.17. The van der Waals surface area contributed by atoms with Gasteiger partial charge in [-0.2, -0.15) is 0 Å². The summed E-state index contributed by atoms with van der Waals surface area (Å²) >= 11 is 4.58. The van der Waals surface area contributed by atoms with Crippen LogP contribution in [-0.2, 0) is 4.74 Å². The molecule has 0 N–H and O–H groups in total. The van der Waals surface area contributed by atoms with Gasteiger partial charge < -0.3 is 4.74 Å². The number of carbonyl (C=O) groups excluding carboxylic acids is 1. The van der Waals surface area contributed by atoms with E-state index in [4.69, 9.17) is 4.74 Å². The number of carbonyl (C=O) groups is 1. The first-order chi connectivity index (χ1) is 6.25. The summed E-state index contributed by atoms with van der Waals surface area (Å²) in [4.78, 5) is 10.8. The molecule has 1 aromatic carbocycles. The molecule has 1 fully saturated rings. The summed E-state index contributed by atoms with van der Waals surface area (Å²) in [6.07, 6.45) is -0.0643. The minimum absolute atomic E-state index is 0.0643. The van der Waals surface area contributed by atoms with Crippen molar-refractivity contribution < 1.29 is 9.53 Å². The summed E-state index contributed by atoms with van der Waals surface area (Å²) in [6.45, 7) is 0. The highest BCUT2D eigenvalue weighted by atomic mass is 79.9. The molecule has 0 aliphatic carbocycles. The van der Waals surface area contributed by atoms with Gasteiger partial charge in [-0.05, 0) is 29.5 Å². The zero-order valence-corrected chi connectivity index (χ0v) is 9.10. The lowest BCUT2D eigenvalue weighted by Crippen LogP contribution is -1.99. The van der Waals surface area contributed by atoms with E-state index < -0.39 is 0 Å². The Morgan fingerprint density at radius 2 is 2.08 bits per heavy atom. The third-order valence-corrected chi connectivity index (χ3v) is 3.16. The van der Waals surface area contributed by atoms with Gasteiger partial charge in [0.15, 0.2) is 0 Å². The van der Waals surface area contributed by atoms with E-state index in [1.54, 1.807) is 0 Å². The van der Waals surface area contributed by atoms with Crippen LogP contribution in [0, 0.1) is 0 Å². The lowest BCUT2D eigenvalue weighted by Gasteiger charge is -2.07. The molecule has 0 aromatic heterocycles. The normalized spacial score (nSPS) is 21.6. The first kappa shape index (κ1) is 9.09. The van der Waals surface area contributed by atoms with Crippen LogP contribution in [0.1, 0.15) is 11.7 Å². The van der Waals surface area contributed by atoms with E-state index in [1.807, 2.05) is 24.3 Å². The van der Waals surface area contributed by atoms with E-state index in [1.165, 1.54) is 11.8 Å². The number of ether oxygens (including phenoxy) is 1. The average molecular weight is 259 g/mol. The molecular weight excluding hydrogens is 252 g/mol. The molecule has 1 unspecified atom stereocenters. The summed E-state index contributed by atoms with van der Waals surface area (Å²) in [5.74, 6) is 0.723. The lowest BCUT2D eigenvalue weighted by atomic mass is 10.1. The first-order valence-corrected chi connectivity index (χ1v) is 5.62. The van der Waals surface area contributed by atoms with Gasteiger partial charge >= 0.3 is 5.30 Å². The summed E-state index contributed by atoms with van der Waals surface area (Å²) < 4.78 is 6.13. The lowest BCUT2D eigenvalue weighted by molar-refractivity contribution is 0.145. The van der Waals surface area contributed by atoms with Crippen molar-refractivity contribution in [2.45, 2.75) is 6.10 Å². The zero-order chi connectivity index (χ0) is 9.26. The monoisotopic (exact) mass is 258 g/mol. The Morgan fingerprint density at radius 1 is 1.38 bits per heavy atom. The molecule has 2 nitrogen and oxygen atoms in total. The van der Waals surface area contributed by atoms with Gasteiger partial charge in [0.2, 0.25) is 0 Å². The molecule has 13 heavy (non-hydrogen) atoms. The number of hydrogen-bond donors (Lipinski definition) is 0. The Kier molecular flexibility index (Phi) is 2.60. The van der Waals surface area contributed by atoms with Crippen molar-refractivity contribution in [1.82, 2.24) is 0 Å².